The van der Waals surface area contributed by atoms with Gasteiger partial charge in [0.1, 0.15) is 6.04 Å². The van der Waals surface area contributed by atoms with Gasteiger partial charge in [0.25, 0.3) is 0 Å². The molecular weight excluding hydrogens is 202 g/mol. The molecule has 0 bridgehead atoms. The third-order valence-corrected chi connectivity index (χ3v) is 3.85. The zero-order valence-corrected chi connectivity index (χ0v) is 8.50. The molecule has 0 amide bonds. The summed E-state index contributed by atoms with van der Waals surface area (Å²) in [6.07, 6.45) is 2.21. The van der Waals surface area contributed by atoms with E-state index < -0.39 is 21.8 Å². The molecule has 1 rings (SSSR count). The van der Waals surface area contributed by atoms with E-state index in [1.165, 1.54) is 0 Å². The Kier molecular flexibility index (Phi) is 3.45. The largest absolute Gasteiger partial charge is 0.228 e. The molecule has 6 heteroatoms. The number of rotatable bonds is 2. The van der Waals surface area contributed by atoms with E-state index in [-0.39, 0.29) is 0 Å². The van der Waals surface area contributed by atoms with Crippen LogP contribution in [-0.2, 0) is 10.0 Å². The predicted octanol–water partition coefficient (Wildman–Crippen LogP) is 0.218. The first-order valence-electron chi connectivity index (χ1n) is 4.38. The van der Waals surface area contributed by atoms with Crippen molar-refractivity contribution in [2.45, 2.75) is 25.3 Å². The molecule has 1 aliphatic rings. The van der Waals surface area contributed by atoms with E-state index in [1.54, 1.807) is 6.07 Å². The van der Waals surface area contributed by atoms with Gasteiger partial charge in [-0.1, -0.05) is 0 Å². The van der Waals surface area contributed by atoms with E-state index in [0.29, 0.717) is 13.0 Å². The Bertz CT molecular complexity index is 376. The smallest absolute Gasteiger partial charge is 0.211 e. The maximum atomic E-state index is 11.5. The van der Waals surface area contributed by atoms with Crippen LogP contribution in [0, 0.1) is 22.7 Å². The Morgan fingerprint density at radius 1 is 1.36 bits per heavy atom. The average molecular weight is 213 g/mol. The van der Waals surface area contributed by atoms with Crippen LogP contribution in [0.15, 0.2) is 0 Å². The molecule has 14 heavy (non-hydrogen) atoms. The van der Waals surface area contributed by atoms with Crippen LogP contribution in [0.1, 0.15) is 19.3 Å². The van der Waals surface area contributed by atoms with Crippen LogP contribution in [0.2, 0.25) is 0 Å². The zero-order valence-electron chi connectivity index (χ0n) is 7.68. The molecule has 76 valence electrons. The fourth-order valence-corrected chi connectivity index (χ4v) is 2.81. The predicted molar refractivity (Wildman–Crippen MR) is 49.4 cm³/mol. The number of hydrogen-bond acceptors (Lipinski definition) is 4. The van der Waals surface area contributed by atoms with Gasteiger partial charge in [-0.05, 0) is 19.3 Å². The van der Waals surface area contributed by atoms with Gasteiger partial charge < -0.3 is 0 Å². The van der Waals surface area contributed by atoms with Crippen LogP contribution < -0.4 is 0 Å². The molecule has 0 aromatic rings. The Morgan fingerprint density at radius 3 is 2.64 bits per heavy atom. The number of nitrogens with zero attached hydrogens (tertiary/aromatic N) is 3. The summed E-state index contributed by atoms with van der Waals surface area (Å²) in [5.74, 6) is -0.537. The van der Waals surface area contributed by atoms with Gasteiger partial charge in [-0.25, -0.2) is 8.42 Å². The number of sulfonamides is 1. The second kappa shape index (κ2) is 4.41. The fourth-order valence-electron chi connectivity index (χ4n) is 1.53. The zero-order chi connectivity index (χ0) is 10.6. The molecule has 0 saturated carbocycles. The number of nitriles is 2. The number of hydrogen-bond donors (Lipinski definition) is 0. The van der Waals surface area contributed by atoms with Gasteiger partial charge in [0.05, 0.1) is 12.1 Å². The molecule has 0 aromatic heterocycles. The van der Waals surface area contributed by atoms with E-state index in [9.17, 15) is 8.42 Å². The van der Waals surface area contributed by atoms with Crippen molar-refractivity contribution in [3.05, 3.63) is 0 Å². The summed E-state index contributed by atoms with van der Waals surface area (Å²) < 4.78 is 24.2. The summed E-state index contributed by atoms with van der Waals surface area (Å²) in [4.78, 5) is 0. The lowest BCUT2D eigenvalue weighted by molar-refractivity contribution is 0.298. The average Bonchev–Trinajstić information content (AvgIpc) is 2.18. The summed E-state index contributed by atoms with van der Waals surface area (Å²) in [6.45, 7) is 0.363. The van der Waals surface area contributed by atoms with Crippen LogP contribution in [-0.4, -0.2) is 31.1 Å². The standard InChI is InChI=1S/C8H11N3O2S/c9-4-6-14(12,13)11-5-2-1-3-8(11)7-10/h8H,1-3,5-6H2. The molecule has 1 saturated heterocycles. The van der Waals surface area contributed by atoms with Crippen molar-refractivity contribution in [3.8, 4) is 12.1 Å². The Hall–Kier alpha value is -1.11. The summed E-state index contributed by atoms with van der Waals surface area (Å²) in [7, 11) is -3.54. The quantitative estimate of drug-likeness (QED) is 0.656. The molecule has 5 nitrogen and oxygen atoms in total. The first-order chi connectivity index (χ1) is 6.61. The van der Waals surface area contributed by atoms with Crippen LogP contribution in [0.4, 0.5) is 0 Å². The maximum Gasteiger partial charge on any atom is 0.228 e. The molecule has 0 spiro atoms. The Labute approximate surface area is 83.6 Å². The Morgan fingerprint density at radius 2 is 2.07 bits per heavy atom. The molecule has 1 fully saturated rings. The first kappa shape index (κ1) is 11.0. The first-order valence-corrected chi connectivity index (χ1v) is 5.99. The normalized spacial score (nSPS) is 23.7. The third kappa shape index (κ3) is 2.22. The van der Waals surface area contributed by atoms with Crippen molar-refractivity contribution in [3.63, 3.8) is 0 Å². The number of piperidine rings is 1. The highest BCUT2D eigenvalue weighted by Crippen LogP contribution is 2.19. The molecule has 0 radical (unpaired) electrons. The van der Waals surface area contributed by atoms with E-state index in [2.05, 4.69) is 0 Å². The van der Waals surface area contributed by atoms with Crippen molar-refractivity contribution < 1.29 is 8.42 Å². The molecular formula is C8H11N3O2S. The van der Waals surface area contributed by atoms with Gasteiger partial charge in [-0.2, -0.15) is 14.8 Å². The molecule has 1 heterocycles. The van der Waals surface area contributed by atoms with Crippen LogP contribution in [0.3, 0.4) is 0 Å². The lowest BCUT2D eigenvalue weighted by atomic mass is 10.1. The van der Waals surface area contributed by atoms with Crippen molar-refractivity contribution in [1.29, 1.82) is 10.5 Å². The highest BCUT2D eigenvalue weighted by molar-refractivity contribution is 7.89. The highest BCUT2D eigenvalue weighted by atomic mass is 32.2. The minimum atomic E-state index is -3.54. The maximum absolute atomic E-state index is 11.5. The van der Waals surface area contributed by atoms with Gasteiger partial charge in [0.15, 0.2) is 5.75 Å². The van der Waals surface area contributed by atoms with E-state index in [1.807, 2.05) is 6.07 Å². The van der Waals surface area contributed by atoms with E-state index in [0.717, 1.165) is 17.1 Å². The SMILES string of the molecule is N#CCS(=O)(=O)N1CCCCC1C#N. The third-order valence-electron chi connectivity index (χ3n) is 2.21. The monoisotopic (exact) mass is 213 g/mol. The van der Waals surface area contributed by atoms with Crippen molar-refractivity contribution >= 4 is 10.0 Å². The summed E-state index contributed by atoms with van der Waals surface area (Å²) in [5.41, 5.74) is 0. The van der Waals surface area contributed by atoms with Crippen LogP contribution in [0.5, 0.6) is 0 Å². The van der Waals surface area contributed by atoms with Gasteiger partial charge >= 0.3 is 0 Å². The van der Waals surface area contributed by atoms with E-state index >= 15 is 0 Å². The fraction of sp³-hybridized carbons (Fsp3) is 0.750. The van der Waals surface area contributed by atoms with Crippen molar-refractivity contribution in [1.82, 2.24) is 4.31 Å². The van der Waals surface area contributed by atoms with Gasteiger partial charge in [-0.3, -0.25) is 0 Å². The summed E-state index contributed by atoms with van der Waals surface area (Å²) in [5, 5.41) is 17.1. The van der Waals surface area contributed by atoms with Crippen molar-refractivity contribution in [2.75, 3.05) is 12.3 Å². The van der Waals surface area contributed by atoms with Crippen molar-refractivity contribution in [2.24, 2.45) is 0 Å². The van der Waals surface area contributed by atoms with Gasteiger partial charge in [0.2, 0.25) is 10.0 Å². The molecule has 1 unspecified atom stereocenters. The second-order valence-electron chi connectivity index (χ2n) is 3.17. The molecule has 0 N–H and O–H groups in total. The highest BCUT2D eigenvalue weighted by Gasteiger charge is 2.31. The minimum absolute atomic E-state index is 0.363. The van der Waals surface area contributed by atoms with Crippen LogP contribution >= 0.6 is 0 Å². The minimum Gasteiger partial charge on any atom is -0.211 e. The molecule has 0 aromatic carbocycles. The van der Waals surface area contributed by atoms with Gasteiger partial charge in [-0.15, -0.1) is 0 Å². The van der Waals surface area contributed by atoms with Crippen LogP contribution in [0.25, 0.3) is 0 Å². The molecule has 0 aliphatic carbocycles. The summed E-state index contributed by atoms with van der Waals surface area (Å²) >= 11 is 0. The topological polar surface area (TPSA) is 85.0 Å². The van der Waals surface area contributed by atoms with Gasteiger partial charge in [0, 0.05) is 6.54 Å². The Balaban J connectivity index is 2.85. The lowest BCUT2D eigenvalue weighted by Gasteiger charge is -2.29. The second-order valence-corrected chi connectivity index (χ2v) is 5.09. The van der Waals surface area contributed by atoms with E-state index in [4.69, 9.17) is 10.5 Å². The lowest BCUT2D eigenvalue weighted by Crippen LogP contribution is -2.43. The molecule has 1 atom stereocenters. The summed E-state index contributed by atoms with van der Waals surface area (Å²) in [6, 6.07) is 2.99. The molecule has 1 aliphatic heterocycles.